The van der Waals surface area contributed by atoms with Crippen LogP contribution in [-0.2, 0) is 0 Å². The Kier molecular flexibility index (Phi) is 4.81. The first kappa shape index (κ1) is 14.3. The van der Waals surface area contributed by atoms with Gasteiger partial charge in [0.1, 0.15) is 16.8 Å². The van der Waals surface area contributed by atoms with E-state index in [1.165, 1.54) is 31.2 Å². The summed E-state index contributed by atoms with van der Waals surface area (Å²) in [6, 6.07) is 6.05. The average molecular weight is 277 g/mol. The summed E-state index contributed by atoms with van der Waals surface area (Å²) in [5.74, 6) is 1.52. The van der Waals surface area contributed by atoms with Crippen LogP contribution in [-0.4, -0.2) is 11.1 Å². The molecule has 0 aliphatic heterocycles. The van der Waals surface area contributed by atoms with E-state index in [4.69, 9.17) is 22.7 Å². The molecule has 1 aromatic rings. The number of benzene rings is 1. The monoisotopic (exact) mass is 277 g/mol. The second-order valence-electron chi connectivity index (χ2n) is 5.47. The summed E-state index contributed by atoms with van der Waals surface area (Å²) in [5.41, 5.74) is 7.83. The van der Waals surface area contributed by atoms with Crippen molar-refractivity contribution in [3.05, 3.63) is 29.3 Å². The minimum Gasteiger partial charge on any atom is -0.489 e. The van der Waals surface area contributed by atoms with Gasteiger partial charge >= 0.3 is 0 Å². The van der Waals surface area contributed by atoms with Crippen LogP contribution in [0.5, 0.6) is 5.75 Å². The van der Waals surface area contributed by atoms with Gasteiger partial charge in [-0.3, -0.25) is 0 Å². The smallest absolute Gasteiger partial charge is 0.130 e. The third-order valence-electron chi connectivity index (χ3n) is 4.04. The molecule has 1 aliphatic rings. The summed E-state index contributed by atoms with van der Waals surface area (Å²) in [4.78, 5) is 0.416. The highest BCUT2D eigenvalue weighted by Crippen LogP contribution is 2.32. The van der Waals surface area contributed by atoms with Crippen LogP contribution in [0.25, 0.3) is 0 Å². The normalized spacial score (nSPS) is 23.1. The topological polar surface area (TPSA) is 35.2 Å². The second-order valence-corrected chi connectivity index (χ2v) is 5.91. The van der Waals surface area contributed by atoms with Crippen molar-refractivity contribution < 1.29 is 4.74 Å². The van der Waals surface area contributed by atoms with Crippen LogP contribution >= 0.6 is 12.2 Å². The SMILES string of the molecule is CCC1CCCCC1Oc1cc(C)ccc1C(N)=S. The van der Waals surface area contributed by atoms with E-state index in [1.807, 2.05) is 12.1 Å². The van der Waals surface area contributed by atoms with E-state index in [1.54, 1.807) is 0 Å². The van der Waals surface area contributed by atoms with E-state index in [0.29, 0.717) is 17.0 Å². The quantitative estimate of drug-likeness (QED) is 0.846. The summed E-state index contributed by atoms with van der Waals surface area (Å²) in [6.45, 7) is 4.31. The first-order valence-corrected chi connectivity index (χ1v) is 7.59. The molecule has 1 aliphatic carbocycles. The third kappa shape index (κ3) is 3.47. The van der Waals surface area contributed by atoms with Crippen LogP contribution in [0.2, 0.25) is 0 Å². The summed E-state index contributed by atoms with van der Waals surface area (Å²) < 4.78 is 6.26. The van der Waals surface area contributed by atoms with Gasteiger partial charge < -0.3 is 10.5 Å². The van der Waals surface area contributed by atoms with Crippen molar-refractivity contribution in [1.29, 1.82) is 0 Å². The van der Waals surface area contributed by atoms with Crippen LogP contribution in [0.15, 0.2) is 18.2 Å². The second kappa shape index (κ2) is 6.38. The molecule has 104 valence electrons. The van der Waals surface area contributed by atoms with E-state index in [0.717, 1.165) is 17.7 Å². The van der Waals surface area contributed by atoms with Crippen LogP contribution in [0.1, 0.15) is 50.2 Å². The summed E-state index contributed by atoms with van der Waals surface area (Å²) in [5, 5.41) is 0. The molecule has 2 atom stereocenters. The summed E-state index contributed by atoms with van der Waals surface area (Å²) >= 11 is 5.12. The Morgan fingerprint density at radius 1 is 1.37 bits per heavy atom. The number of hydrogen-bond acceptors (Lipinski definition) is 2. The van der Waals surface area contributed by atoms with Gasteiger partial charge in [-0.1, -0.05) is 31.6 Å². The van der Waals surface area contributed by atoms with E-state index in [2.05, 4.69) is 19.9 Å². The van der Waals surface area contributed by atoms with Gasteiger partial charge in [-0.2, -0.15) is 0 Å². The Morgan fingerprint density at radius 2 is 2.11 bits per heavy atom. The van der Waals surface area contributed by atoms with Crippen molar-refractivity contribution in [3.8, 4) is 5.75 Å². The Labute approximate surface area is 121 Å². The van der Waals surface area contributed by atoms with Crippen LogP contribution in [0, 0.1) is 12.8 Å². The zero-order chi connectivity index (χ0) is 13.8. The molecule has 1 saturated carbocycles. The van der Waals surface area contributed by atoms with Crippen molar-refractivity contribution in [2.75, 3.05) is 0 Å². The summed E-state index contributed by atoms with van der Waals surface area (Å²) in [7, 11) is 0. The fraction of sp³-hybridized carbons (Fsp3) is 0.562. The van der Waals surface area contributed by atoms with Crippen LogP contribution in [0.3, 0.4) is 0 Å². The molecule has 0 radical (unpaired) electrons. The molecule has 19 heavy (non-hydrogen) atoms. The standard InChI is InChI=1S/C16H23NOS/c1-3-12-6-4-5-7-14(12)18-15-10-11(2)8-9-13(15)16(17)19/h8-10,12,14H,3-7H2,1-2H3,(H2,17,19). The lowest BCUT2D eigenvalue weighted by molar-refractivity contribution is 0.0902. The molecule has 1 fully saturated rings. The van der Waals surface area contributed by atoms with E-state index >= 15 is 0 Å². The minimum atomic E-state index is 0.314. The predicted octanol–water partition coefficient (Wildman–Crippen LogP) is 3.98. The molecular formula is C16H23NOS. The molecule has 0 bridgehead atoms. The Balaban J connectivity index is 2.21. The molecule has 0 amide bonds. The van der Waals surface area contributed by atoms with Gasteiger partial charge in [0.2, 0.25) is 0 Å². The molecule has 2 rings (SSSR count). The molecule has 0 saturated heterocycles. The lowest BCUT2D eigenvalue weighted by atomic mass is 9.84. The number of thiocarbonyl (C=S) groups is 1. The summed E-state index contributed by atoms with van der Waals surface area (Å²) in [6.07, 6.45) is 6.50. The molecule has 2 N–H and O–H groups in total. The van der Waals surface area contributed by atoms with Crippen LogP contribution in [0.4, 0.5) is 0 Å². The predicted molar refractivity (Wildman–Crippen MR) is 83.7 cm³/mol. The van der Waals surface area contributed by atoms with Gasteiger partial charge in [0.05, 0.1) is 5.56 Å². The maximum absolute atomic E-state index is 6.26. The first-order valence-electron chi connectivity index (χ1n) is 7.19. The van der Waals surface area contributed by atoms with Crippen LogP contribution < -0.4 is 10.5 Å². The van der Waals surface area contributed by atoms with Gasteiger partial charge in [-0.25, -0.2) is 0 Å². The zero-order valence-electron chi connectivity index (χ0n) is 11.8. The van der Waals surface area contributed by atoms with Gasteiger partial charge in [-0.05, 0) is 56.2 Å². The molecule has 0 aromatic heterocycles. The molecule has 3 heteroatoms. The van der Waals surface area contributed by atoms with E-state index < -0.39 is 0 Å². The molecule has 0 heterocycles. The maximum Gasteiger partial charge on any atom is 0.130 e. The molecule has 0 spiro atoms. The first-order chi connectivity index (χ1) is 9.11. The fourth-order valence-corrected chi connectivity index (χ4v) is 3.06. The van der Waals surface area contributed by atoms with Crippen molar-refractivity contribution in [2.24, 2.45) is 11.7 Å². The van der Waals surface area contributed by atoms with Gasteiger partial charge in [0, 0.05) is 0 Å². The lowest BCUT2D eigenvalue weighted by Crippen LogP contribution is -2.30. The van der Waals surface area contributed by atoms with Crippen molar-refractivity contribution in [2.45, 2.75) is 52.1 Å². The fourth-order valence-electron chi connectivity index (χ4n) is 2.89. The number of rotatable bonds is 4. The van der Waals surface area contributed by atoms with Crippen molar-refractivity contribution in [1.82, 2.24) is 0 Å². The number of ether oxygens (including phenoxy) is 1. The molecular weight excluding hydrogens is 254 g/mol. The van der Waals surface area contributed by atoms with Crippen molar-refractivity contribution >= 4 is 17.2 Å². The largest absolute Gasteiger partial charge is 0.489 e. The molecule has 2 unspecified atom stereocenters. The van der Waals surface area contributed by atoms with E-state index in [-0.39, 0.29) is 0 Å². The number of nitrogens with two attached hydrogens (primary N) is 1. The highest BCUT2D eigenvalue weighted by Gasteiger charge is 2.26. The highest BCUT2D eigenvalue weighted by atomic mass is 32.1. The zero-order valence-corrected chi connectivity index (χ0v) is 12.6. The van der Waals surface area contributed by atoms with Gasteiger partial charge in [-0.15, -0.1) is 0 Å². The highest BCUT2D eigenvalue weighted by molar-refractivity contribution is 7.80. The minimum absolute atomic E-state index is 0.314. The number of aryl methyl sites for hydroxylation is 1. The third-order valence-corrected chi connectivity index (χ3v) is 4.26. The van der Waals surface area contributed by atoms with Crippen molar-refractivity contribution in [3.63, 3.8) is 0 Å². The Hall–Kier alpha value is -1.09. The maximum atomic E-state index is 6.26. The lowest BCUT2D eigenvalue weighted by Gasteiger charge is -2.32. The average Bonchev–Trinajstić information content (AvgIpc) is 2.39. The van der Waals surface area contributed by atoms with Gasteiger partial charge in [0.25, 0.3) is 0 Å². The Morgan fingerprint density at radius 3 is 2.79 bits per heavy atom. The molecule has 1 aromatic carbocycles. The number of hydrogen-bond donors (Lipinski definition) is 1. The van der Waals surface area contributed by atoms with E-state index in [9.17, 15) is 0 Å². The molecule has 2 nitrogen and oxygen atoms in total. The Bertz CT molecular complexity index is 458. The van der Waals surface area contributed by atoms with Gasteiger partial charge in [0.15, 0.2) is 0 Å².